The molecule has 7 nitrogen and oxygen atoms in total. The lowest BCUT2D eigenvalue weighted by Crippen LogP contribution is -2.30. The van der Waals surface area contributed by atoms with Crippen LogP contribution in [0.3, 0.4) is 0 Å². The van der Waals surface area contributed by atoms with Gasteiger partial charge in [0, 0.05) is 55.1 Å². The fourth-order valence-corrected chi connectivity index (χ4v) is 5.17. The number of carbonyl (C=O) groups excluding carboxylic acids is 3. The highest BCUT2D eigenvalue weighted by Gasteiger charge is 2.25. The molecule has 3 rings (SSSR count). The number of fused-ring (bicyclic) bond motifs is 1. The van der Waals surface area contributed by atoms with E-state index >= 15 is 0 Å². The number of methoxy groups -OCH3 is 1. The van der Waals surface area contributed by atoms with Crippen molar-refractivity contribution in [3.8, 4) is 5.75 Å². The van der Waals surface area contributed by atoms with E-state index in [9.17, 15) is 14.4 Å². The first-order valence-electron chi connectivity index (χ1n) is 14.2. The number of carbonyl (C=O) groups is 3. The maximum absolute atomic E-state index is 13.6. The minimum atomic E-state index is -0.186. The molecule has 2 amide bonds. The highest BCUT2D eigenvalue weighted by atomic mass is 35.5. The Hall–Kier alpha value is -3.32. The number of hydrogen-bond acceptors (Lipinski definition) is 4. The van der Waals surface area contributed by atoms with Crippen molar-refractivity contribution in [2.45, 2.75) is 72.1 Å². The van der Waals surface area contributed by atoms with Crippen molar-refractivity contribution in [2.24, 2.45) is 0 Å². The van der Waals surface area contributed by atoms with Gasteiger partial charge in [-0.15, -0.1) is 0 Å². The van der Waals surface area contributed by atoms with Crippen LogP contribution in [-0.4, -0.2) is 54.4 Å². The first-order valence-corrected chi connectivity index (χ1v) is 14.6. The molecule has 0 fully saturated rings. The van der Waals surface area contributed by atoms with Gasteiger partial charge in [0.05, 0.1) is 18.3 Å². The SMILES string of the molecule is CCCCN(C)C(=O)CCCCCCCN(C(C)=O)c1c(C)n(C(=O)c2ccc(Cl)cc2)c2ccc(OC)cc12. The third kappa shape index (κ3) is 7.66. The molecule has 0 aliphatic carbocycles. The van der Waals surface area contributed by atoms with Crippen LogP contribution in [0.1, 0.15) is 81.3 Å². The van der Waals surface area contributed by atoms with E-state index in [1.165, 1.54) is 0 Å². The Morgan fingerprint density at radius 3 is 2.25 bits per heavy atom. The molecular weight excluding hydrogens is 526 g/mol. The molecule has 2 aromatic carbocycles. The molecule has 8 heteroatoms. The van der Waals surface area contributed by atoms with Crippen molar-refractivity contribution in [3.05, 3.63) is 58.7 Å². The van der Waals surface area contributed by atoms with E-state index in [4.69, 9.17) is 16.3 Å². The number of hydrogen-bond donors (Lipinski definition) is 0. The van der Waals surface area contributed by atoms with E-state index in [1.54, 1.807) is 47.8 Å². The number of unbranched alkanes of at least 4 members (excludes halogenated alkanes) is 5. The van der Waals surface area contributed by atoms with E-state index in [1.807, 2.05) is 37.1 Å². The van der Waals surface area contributed by atoms with Crippen molar-refractivity contribution in [3.63, 3.8) is 0 Å². The molecule has 0 bridgehead atoms. The average Bonchev–Trinajstić information content (AvgIpc) is 3.23. The summed E-state index contributed by atoms with van der Waals surface area (Å²) in [6, 6.07) is 12.4. The Bertz CT molecular complexity index is 1320. The molecule has 0 saturated carbocycles. The Labute approximate surface area is 243 Å². The molecule has 0 saturated heterocycles. The van der Waals surface area contributed by atoms with Crippen LogP contribution in [0.2, 0.25) is 5.02 Å². The minimum absolute atomic E-state index is 0.0791. The maximum atomic E-state index is 13.6. The maximum Gasteiger partial charge on any atom is 0.262 e. The summed E-state index contributed by atoms with van der Waals surface area (Å²) in [7, 11) is 3.48. The lowest BCUT2D eigenvalue weighted by atomic mass is 10.1. The number of rotatable bonds is 14. The quantitative estimate of drug-likeness (QED) is 0.192. The van der Waals surface area contributed by atoms with Gasteiger partial charge in [0.25, 0.3) is 5.91 Å². The van der Waals surface area contributed by atoms with Crippen LogP contribution < -0.4 is 9.64 Å². The molecule has 40 heavy (non-hydrogen) atoms. The van der Waals surface area contributed by atoms with Crippen LogP contribution in [0.4, 0.5) is 5.69 Å². The van der Waals surface area contributed by atoms with Gasteiger partial charge in [-0.1, -0.05) is 44.2 Å². The molecular formula is C32H42ClN3O4. The van der Waals surface area contributed by atoms with Crippen molar-refractivity contribution in [1.29, 1.82) is 0 Å². The highest BCUT2D eigenvalue weighted by Crippen LogP contribution is 2.37. The number of halogens is 1. The first-order chi connectivity index (χ1) is 19.2. The second kappa shape index (κ2) is 14.9. The number of amides is 2. The van der Waals surface area contributed by atoms with Crippen LogP contribution in [-0.2, 0) is 9.59 Å². The van der Waals surface area contributed by atoms with Crippen molar-refractivity contribution in [1.82, 2.24) is 9.47 Å². The largest absolute Gasteiger partial charge is 0.497 e. The van der Waals surface area contributed by atoms with Gasteiger partial charge in [-0.2, -0.15) is 0 Å². The van der Waals surface area contributed by atoms with Gasteiger partial charge >= 0.3 is 0 Å². The second-order valence-electron chi connectivity index (χ2n) is 10.3. The molecule has 0 aliphatic heterocycles. The summed E-state index contributed by atoms with van der Waals surface area (Å²) in [6.07, 6.45) is 7.35. The van der Waals surface area contributed by atoms with Crippen LogP contribution in [0.5, 0.6) is 5.75 Å². The third-order valence-corrected chi connectivity index (χ3v) is 7.62. The molecule has 0 radical (unpaired) electrons. The fourth-order valence-electron chi connectivity index (χ4n) is 5.05. The Kier molecular flexibility index (Phi) is 11.6. The molecule has 0 aliphatic rings. The number of nitrogens with zero attached hydrogens (tertiary/aromatic N) is 3. The molecule has 0 N–H and O–H groups in total. The normalized spacial score (nSPS) is 11.1. The second-order valence-corrected chi connectivity index (χ2v) is 10.8. The molecule has 0 spiro atoms. The zero-order valence-corrected chi connectivity index (χ0v) is 25.2. The van der Waals surface area contributed by atoms with Gasteiger partial charge in [-0.05, 0) is 68.7 Å². The van der Waals surface area contributed by atoms with E-state index in [-0.39, 0.29) is 17.7 Å². The van der Waals surface area contributed by atoms with Gasteiger partial charge in [0.15, 0.2) is 0 Å². The lowest BCUT2D eigenvalue weighted by molar-refractivity contribution is -0.130. The zero-order valence-electron chi connectivity index (χ0n) is 24.5. The van der Waals surface area contributed by atoms with Crippen molar-refractivity contribution in [2.75, 3.05) is 32.1 Å². The third-order valence-electron chi connectivity index (χ3n) is 7.37. The van der Waals surface area contributed by atoms with E-state index < -0.39 is 0 Å². The monoisotopic (exact) mass is 567 g/mol. The summed E-state index contributed by atoms with van der Waals surface area (Å²) >= 11 is 6.04. The van der Waals surface area contributed by atoms with Gasteiger partial charge in [0.2, 0.25) is 11.8 Å². The standard InChI is InChI=1S/C32H42ClN3O4/c1-6-7-20-34(4)30(38)13-11-9-8-10-12-21-35(24(3)37)31-23(2)36(29-19-18-27(40-5)22-28(29)31)32(39)25-14-16-26(33)17-15-25/h14-19,22H,6-13,20-21H2,1-5H3. The summed E-state index contributed by atoms with van der Waals surface area (Å²) in [5.41, 5.74) is 2.65. The zero-order chi connectivity index (χ0) is 29.2. The van der Waals surface area contributed by atoms with E-state index in [0.29, 0.717) is 40.5 Å². The molecule has 0 unspecified atom stereocenters. The molecule has 1 heterocycles. The van der Waals surface area contributed by atoms with Crippen LogP contribution in [0.25, 0.3) is 10.9 Å². The van der Waals surface area contributed by atoms with E-state index in [0.717, 1.165) is 62.6 Å². The fraction of sp³-hybridized carbons (Fsp3) is 0.469. The molecule has 216 valence electrons. The first kappa shape index (κ1) is 31.2. The molecule has 3 aromatic rings. The van der Waals surface area contributed by atoms with Crippen molar-refractivity contribution >= 4 is 45.9 Å². The minimum Gasteiger partial charge on any atom is -0.497 e. The molecule has 1 aromatic heterocycles. The topological polar surface area (TPSA) is 71.9 Å². The van der Waals surface area contributed by atoms with Crippen LogP contribution in [0, 0.1) is 6.92 Å². The Balaban J connectivity index is 1.73. The van der Waals surface area contributed by atoms with Crippen LogP contribution in [0.15, 0.2) is 42.5 Å². The average molecular weight is 568 g/mol. The van der Waals surface area contributed by atoms with Gasteiger partial charge < -0.3 is 14.5 Å². The van der Waals surface area contributed by atoms with Gasteiger partial charge in [-0.25, -0.2) is 0 Å². The lowest BCUT2D eigenvalue weighted by Gasteiger charge is -2.22. The van der Waals surface area contributed by atoms with Gasteiger partial charge in [0.1, 0.15) is 5.75 Å². The van der Waals surface area contributed by atoms with Crippen molar-refractivity contribution < 1.29 is 19.1 Å². The Morgan fingerprint density at radius 2 is 1.60 bits per heavy atom. The van der Waals surface area contributed by atoms with Gasteiger partial charge in [-0.3, -0.25) is 19.0 Å². The van der Waals surface area contributed by atoms with Crippen LogP contribution >= 0.6 is 11.6 Å². The summed E-state index contributed by atoms with van der Waals surface area (Å²) in [4.78, 5) is 42.4. The number of aromatic nitrogens is 1. The summed E-state index contributed by atoms with van der Waals surface area (Å²) in [5.74, 6) is 0.605. The summed E-state index contributed by atoms with van der Waals surface area (Å²) in [5, 5.41) is 1.35. The highest BCUT2D eigenvalue weighted by molar-refractivity contribution is 6.30. The molecule has 0 atom stereocenters. The number of ether oxygens (including phenoxy) is 1. The summed E-state index contributed by atoms with van der Waals surface area (Å²) in [6.45, 7) is 6.93. The number of benzene rings is 2. The predicted octanol–water partition coefficient (Wildman–Crippen LogP) is 7.25. The Morgan fingerprint density at radius 1 is 0.925 bits per heavy atom. The number of anilines is 1. The predicted molar refractivity (Wildman–Crippen MR) is 163 cm³/mol. The van der Waals surface area contributed by atoms with E-state index in [2.05, 4.69) is 6.92 Å². The smallest absolute Gasteiger partial charge is 0.262 e. The summed E-state index contributed by atoms with van der Waals surface area (Å²) < 4.78 is 7.14.